The molecule has 2 aromatic carbocycles. The molecule has 3 heterocycles. The standard InChI is InChI=1S/C28H29N5O4S2/c1-15(2)13-20(31-26(37)28-33-18-8-4-6-10-22(18)39-28)25(36)30-19(14-16-11-12-29-24(16)35)23(34)27-32-17-7-3-5-9-21(17)38-27/h3-10,15-16,19-20H,11-14H2,1-2H3,(H,29,35)(H,30,36)(H,31,37)/t16-,19-,20-/m0/s1. The summed E-state index contributed by atoms with van der Waals surface area (Å²) in [4.78, 5) is 61.5. The summed E-state index contributed by atoms with van der Waals surface area (Å²) >= 11 is 2.52. The SMILES string of the molecule is CC(C)C[C@H](NC(=O)c1nc2ccccc2s1)C(=O)N[C@@H](C[C@@H]1CCNC1=O)C(=O)c1nc2ccccc2s1. The molecule has 0 unspecified atom stereocenters. The van der Waals surface area contributed by atoms with E-state index in [1.807, 2.05) is 62.4 Å². The normalized spacial score (nSPS) is 16.8. The van der Waals surface area contributed by atoms with Crippen molar-refractivity contribution in [1.82, 2.24) is 25.9 Å². The van der Waals surface area contributed by atoms with Gasteiger partial charge >= 0.3 is 0 Å². The maximum Gasteiger partial charge on any atom is 0.280 e. The zero-order chi connectivity index (χ0) is 27.5. The third kappa shape index (κ3) is 6.15. The van der Waals surface area contributed by atoms with Gasteiger partial charge in [-0.25, -0.2) is 9.97 Å². The molecule has 0 bridgehead atoms. The Hall–Kier alpha value is -3.70. The predicted molar refractivity (Wildman–Crippen MR) is 152 cm³/mol. The van der Waals surface area contributed by atoms with Crippen LogP contribution in [0.5, 0.6) is 0 Å². The van der Waals surface area contributed by atoms with Gasteiger partial charge in [-0.2, -0.15) is 0 Å². The van der Waals surface area contributed by atoms with Crippen LogP contribution in [-0.4, -0.2) is 52.1 Å². The van der Waals surface area contributed by atoms with Crippen molar-refractivity contribution in [3.8, 4) is 0 Å². The van der Waals surface area contributed by atoms with Crippen LogP contribution >= 0.6 is 22.7 Å². The van der Waals surface area contributed by atoms with Crippen LogP contribution in [0.2, 0.25) is 0 Å². The fourth-order valence-corrected chi connectivity index (χ4v) is 6.51. The molecule has 1 saturated heterocycles. The van der Waals surface area contributed by atoms with Gasteiger partial charge in [0.25, 0.3) is 5.91 Å². The third-order valence-corrected chi connectivity index (χ3v) is 8.72. The fourth-order valence-electron chi connectivity index (χ4n) is 4.68. The van der Waals surface area contributed by atoms with Crippen LogP contribution in [0.1, 0.15) is 52.7 Å². The minimum atomic E-state index is -0.957. The number of fused-ring (bicyclic) bond motifs is 2. The van der Waals surface area contributed by atoms with E-state index in [1.54, 1.807) is 0 Å². The Balaban J connectivity index is 1.37. The number of thiazole rings is 2. The summed E-state index contributed by atoms with van der Waals surface area (Å²) in [5.41, 5.74) is 1.42. The van der Waals surface area contributed by atoms with Gasteiger partial charge in [0.2, 0.25) is 17.6 Å². The first-order chi connectivity index (χ1) is 18.8. The van der Waals surface area contributed by atoms with E-state index in [0.29, 0.717) is 30.4 Å². The van der Waals surface area contributed by atoms with Crippen LogP contribution < -0.4 is 16.0 Å². The lowest BCUT2D eigenvalue weighted by molar-refractivity contribution is -0.125. The summed E-state index contributed by atoms with van der Waals surface area (Å²) in [5, 5.41) is 9.03. The second-order valence-electron chi connectivity index (χ2n) is 10.1. The molecule has 0 saturated carbocycles. The molecule has 0 radical (unpaired) electrons. The smallest absolute Gasteiger partial charge is 0.280 e. The Morgan fingerprint density at radius 3 is 2.13 bits per heavy atom. The van der Waals surface area contributed by atoms with Crippen molar-refractivity contribution in [2.24, 2.45) is 11.8 Å². The molecule has 1 aliphatic heterocycles. The summed E-state index contributed by atoms with van der Waals surface area (Å²) in [6.07, 6.45) is 1.11. The number of nitrogens with one attached hydrogen (secondary N) is 3. The number of ketones is 1. The van der Waals surface area contributed by atoms with E-state index in [9.17, 15) is 19.2 Å². The van der Waals surface area contributed by atoms with Gasteiger partial charge in [0.1, 0.15) is 6.04 Å². The minimum Gasteiger partial charge on any atom is -0.356 e. The van der Waals surface area contributed by atoms with E-state index >= 15 is 0 Å². The first-order valence-electron chi connectivity index (χ1n) is 12.9. The van der Waals surface area contributed by atoms with Gasteiger partial charge in [0, 0.05) is 12.5 Å². The van der Waals surface area contributed by atoms with E-state index in [2.05, 4.69) is 25.9 Å². The molecule has 3 atom stereocenters. The van der Waals surface area contributed by atoms with Crippen molar-refractivity contribution in [3.05, 3.63) is 58.5 Å². The summed E-state index contributed by atoms with van der Waals surface area (Å²) in [7, 11) is 0. The summed E-state index contributed by atoms with van der Waals surface area (Å²) in [5.74, 6) is -1.69. The number of benzene rings is 2. The number of nitrogens with zero attached hydrogens (tertiary/aromatic N) is 2. The summed E-state index contributed by atoms with van der Waals surface area (Å²) in [6, 6.07) is 13.1. The molecule has 3 N–H and O–H groups in total. The van der Waals surface area contributed by atoms with Crippen LogP contribution in [0.4, 0.5) is 0 Å². The lowest BCUT2D eigenvalue weighted by Gasteiger charge is -2.24. The van der Waals surface area contributed by atoms with Crippen molar-refractivity contribution in [1.29, 1.82) is 0 Å². The highest BCUT2D eigenvalue weighted by Gasteiger charge is 2.35. The maximum atomic E-state index is 13.6. The van der Waals surface area contributed by atoms with Crippen molar-refractivity contribution in [2.45, 2.75) is 45.2 Å². The average Bonchev–Trinajstić information content (AvgIpc) is 3.65. The number of rotatable bonds is 10. The van der Waals surface area contributed by atoms with Gasteiger partial charge in [-0.1, -0.05) is 38.1 Å². The number of amides is 3. The summed E-state index contributed by atoms with van der Waals surface area (Å²) < 4.78 is 1.74. The Labute approximate surface area is 233 Å². The number of hydrogen-bond donors (Lipinski definition) is 3. The monoisotopic (exact) mass is 563 g/mol. The molecule has 0 aliphatic carbocycles. The molecular weight excluding hydrogens is 534 g/mol. The zero-order valence-electron chi connectivity index (χ0n) is 21.6. The highest BCUT2D eigenvalue weighted by atomic mass is 32.1. The highest BCUT2D eigenvalue weighted by Crippen LogP contribution is 2.26. The molecule has 1 aliphatic rings. The number of carbonyl (C=O) groups excluding carboxylic acids is 4. The van der Waals surface area contributed by atoms with Crippen molar-refractivity contribution < 1.29 is 19.2 Å². The third-order valence-electron chi connectivity index (χ3n) is 6.64. The predicted octanol–water partition coefficient (Wildman–Crippen LogP) is 3.94. The molecule has 0 spiro atoms. The molecule has 39 heavy (non-hydrogen) atoms. The van der Waals surface area contributed by atoms with Gasteiger partial charge in [-0.05, 0) is 49.4 Å². The van der Waals surface area contributed by atoms with E-state index in [0.717, 1.165) is 9.40 Å². The van der Waals surface area contributed by atoms with Crippen molar-refractivity contribution in [3.63, 3.8) is 0 Å². The number of carbonyl (C=O) groups is 4. The van der Waals surface area contributed by atoms with Gasteiger partial charge in [0.05, 0.1) is 26.5 Å². The largest absolute Gasteiger partial charge is 0.356 e. The van der Waals surface area contributed by atoms with Gasteiger partial charge in [-0.15, -0.1) is 22.7 Å². The van der Waals surface area contributed by atoms with E-state index < -0.39 is 29.8 Å². The Morgan fingerprint density at radius 1 is 0.923 bits per heavy atom. The first-order valence-corrected chi connectivity index (χ1v) is 14.6. The molecule has 9 nitrogen and oxygen atoms in total. The van der Waals surface area contributed by atoms with E-state index in [-0.39, 0.29) is 34.0 Å². The number of para-hydroxylation sites is 2. The molecule has 202 valence electrons. The first kappa shape index (κ1) is 26.9. The molecule has 3 amide bonds. The van der Waals surface area contributed by atoms with Crippen LogP contribution in [0.3, 0.4) is 0 Å². The molecule has 11 heteroatoms. The maximum absolute atomic E-state index is 13.6. The van der Waals surface area contributed by atoms with Gasteiger partial charge < -0.3 is 16.0 Å². The van der Waals surface area contributed by atoms with Crippen LogP contribution in [0.15, 0.2) is 48.5 Å². The number of aromatic nitrogens is 2. The Kier molecular flexibility index (Phi) is 7.99. The second kappa shape index (κ2) is 11.6. The quantitative estimate of drug-likeness (QED) is 0.251. The minimum absolute atomic E-state index is 0.0930. The molecule has 2 aromatic heterocycles. The average molecular weight is 564 g/mol. The van der Waals surface area contributed by atoms with Crippen molar-refractivity contribution in [2.75, 3.05) is 6.54 Å². The van der Waals surface area contributed by atoms with Crippen molar-refractivity contribution >= 4 is 66.6 Å². The molecule has 4 aromatic rings. The van der Waals surface area contributed by atoms with Crippen LogP contribution in [0, 0.1) is 11.8 Å². The zero-order valence-corrected chi connectivity index (χ0v) is 23.2. The Bertz CT molecular complexity index is 1480. The van der Waals surface area contributed by atoms with Crippen LogP contribution in [0.25, 0.3) is 20.4 Å². The van der Waals surface area contributed by atoms with E-state index in [1.165, 1.54) is 22.7 Å². The molecule has 1 fully saturated rings. The van der Waals surface area contributed by atoms with Crippen LogP contribution in [-0.2, 0) is 9.59 Å². The topological polar surface area (TPSA) is 130 Å². The van der Waals surface area contributed by atoms with Gasteiger partial charge in [-0.3, -0.25) is 19.2 Å². The lowest BCUT2D eigenvalue weighted by atomic mass is 9.95. The summed E-state index contributed by atoms with van der Waals surface area (Å²) in [6.45, 7) is 4.45. The molecular formula is C28H29N5O4S2. The van der Waals surface area contributed by atoms with E-state index in [4.69, 9.17) is 0 Å². The number of Topliss-reactive ketones (excluding diaryl/α,β-unsaturated/α-hetero) is 1. The Morgan fingerprint density at radius 2 is 1.54 bits per heavy atom. The second-order valence-corrected chi connectivity index (χ2v) is 12.1. The number of hydrogen-bond acceptors (Lipinski definition) is 8. The lowest BCUT2D eigenvalue weighted by Crippen LogP contribution is -2.52. The highest BCUT2D eigenvalue weighted by molar-refractivity contribution is 7.20. The fraction of sp³-hybridized carbons (Fsp3) is 0.357. The van der Waals surface area contributed by atoms with Gasteiger partial charge in [0.15, 0.2) is 10.0 Å². The molecule has 5 rings (SSSR count).